The van der Waals surface area contributed by atoms with Crippen LogP contribution in [0.4, 0.5) is 0 Å². The number of hydrogen-bond donors (Lipinski definition) is 1. The van der Waals surface area contributed by atoms with E-state index in [4.69, 9.17) is 4.99 Å². The lowest BCUT2D eigenvalue weighted by Crippen LogP contribution is -2.40. The number of aliphatic imine (C=N–C) groups is 1. The third kappa shape index (κ3) is 5.95. The van der Waals surface area contributed by atoms with E-state index in [1.54, 1.807) is 0 Å². The van der Waals surface area contributed by atoms with Gasteiger partial charge < -0.3 is 14.9 Å². The zero-order chi connectivity index (χ0) is 13.1. The fourth-order valence-corrected chi connectivity index (χ4v) is 1.97. The van der Waals surface area contributed by atoms with Crippen LogP contribution in [0, 0.1) is 0 Å². The van der Waals surface area contributed by atoms with E-state index in [1.165, 1.54) is 0 Å². The van der Waals surface area contributed by atoms with E-state index in [1.807, 2.05) is 65.7 Å². The Balaban J connectivity index is 4.94. The molecule has 0 aromatic carbocycles. The maximum absolute atomic E-state index is 9.85. The molecule has 0 atom stereocenters. The third-order valence-electron chi connectivity index (χ3n) is 2.07. The lowest BCUT2D eigenvalue weighted by Gasteiger charge is -2.32. The van der Waals surface area contributed by atoms with Gasteiger partial charge in [0, 0.05) is 34.6 Å². The smallest absolute Gasteiger partial charge is 0.196 e. The summed E-state index contributed by atoms with van der Waals surface area (Å²) in [5, 5.41) is 9.85. The van der Waals surface area contributed by atoms with Gasteiger partial charge in [-0.2, -0.15) is 0 Å². The Morgan fingerprint density at radius 2 is 1.38 bits per heavy atom. The maximum Gasteiger partial charge on any atom is 0.196 e. The van der Waals surface area contributed by atoms with E-state index in [9.17, 15) is 5.11 Å². The summed E-state index contributed by atoms with van der Waals surface area (Å²) in [6.07, 6.45) is 0.630. The van der Waals surface area contributed by atoms with Gasteiger partial charge in [0.1, 0.15) is 0 Å². The molecular formula is C12H27N3O. The first-order valence-corrected chi connectivity index (χ1v) is 5.61. The SMILES string of the molecule is CN(C)C(=NC(C)(C)CC(C)(C)O)N(C)C. The Labute approximate surface area is 100.0 Å². The molecule has 0 rings (SSSR count). The molecule has 96 valence electrons. The summed E-state index contributed by atoms with van der Waals surface area (Å²) in [7, 11) is 7.88. The van der Waals surface area contributed by atoms with E-state index < -0.39 is 5.60 Å². The molecule has 1 N–H and O–H groups in total. The zero-order valence-electron chi connectivity index (χ0n) is 12.0. The van der Waals surface area contributed by atoms with Gasteiger partial charge in [-0.1, -0.05) is 0 Å². The van der Waals surface area contributed by atoms with Gasteiger partial charge in [-0.25, -0.2) is 4.99 Å². The molecule has 0 bridgehead atoms. The van der Waals surface area contributed by atoms with E-state index in [2.05, 4.69) is 0 Å². The van der Waals surface area contributed by atoms with Gasteiger partial charge in [0.25, 0.3) is 0 Å². The average molecular weight is 229 g/mol. The van der Waals surface area contributed by atoms with Crippen molar-refractivity contribution in [3.05, 3.63) is 0 Å². The summed E-state index contributed by atoms with van der Waals surface area (Å²) >= 11 is 0. The molecular weight excluding hydrogens is 202 g/mol. The van der Waals surface area contributed by atoms with Gasteiger partial charge in [-0.3, -0.25) is 0 Å². The number of aliphatic hydroxyl groups is 1. The van der Waals surface area contributed by atoms with Crippen molar-refractivity contribution in [2.45, 2.75) is 45.3 Å². The second kappa shape index (κ2) is 5.04. The predicted octanol–water partition coefficient (Wildman–Crippen LogP) is 1.41. The van der Waals surface area contributed by atoms with Crippen molar-refractivity contribution < 1.29 is 5.11 Å². The quantitative estimate of drug-likeness (QED) is 0.587. The second-order valence-electron chi connectivity index (χ2n) is 6.00. The van der Waals surface area contributed by atoms with Crippen LogP contribution in [0.5, 0.6) is 0 Å². The molecule has 0 heterocycles. The van der Waals surface area contributed by atoms with E-state index >= 15 is 0 Å². The molecule has 0 aromatic rings. The van der Waals surface area contributed by atoms with Crippen molar-refractivity contribution in [1.82, 2.24) is 9.80 Å². The van der Waals surface area contributed by atoms with Gasteiger partial charge >= 0.3 is 0 Å². The van der Waals surface area contributed by atoms with E-state index in [-0.39, 0.29) is 5.54 Å². The molecule has 0 aliphatic rings. The zero-order valence-corrected chi connectivity index (χ0v) is 12.0. The summed E-state index contributed by atoms with van der Waals surface area (Å²) in [6.45, 7) is 7.71. The first kappa shape index (κ1) is 15.2. The number of hydrogen-bond acceptors (Lipinski definition) is 2. The fraction of sp³-hybridized carbons (Fsp3) is 0.917. The standard InChI is InChI=1S/C12H27N3O/c1-11(2,9-12(3,4)16)13-10(14(5)6)15(7)8/h16H,9H2,1-8H3. The third-order valence-corrected chi connectivity index (χ3v) is 2.07. The Bertz CT molecular complexity index is 239. The van der Waals surface area contributed by atoms with E-state index in [0.717, 1.165) is 5.96 Å². The molecule has 0 amide bonds. The lowest BCUT2D eigenvalue weighted by atomic mass is 9.90. The van der Waals surface area contributed by atoms with Crippen LogP contribution >= 0.6 is 0 Å². The van der Waals surface area contributed by atoms with Crippen molar-refractivity contribution in [2.75, 3.05) is 28.2 Å². The first-order chi connectivity index (χ1) is 6.94. The van der Waals surface area contributed by atoms with Crippen LogP contribution in [-0.4, -0.2) is 60.2 Å². The molecule has 0 saturated carbocycles. The Kier molecular flexibility index (Phi) is 4.80. The molecule has 0 aliphatic heterocycles. The maximum atomic E-state index is 9.85. The van der Waals surface area contributed by atoms with Crippen LogP contribution in [0.2, 0.25) is 0 Å². The van der Waals surface area contributed by atoms with Crippen LogP contribution in [0.1, 0.15) is 34.1 Å². The average Bonchev–Trinajstić information content (AvgIpc) is 1.94. The predicted molar refractivity (Wildman–Crippen MR) is 69.8 cm³/mol. The minimum Gasteiger partial charge on any atom is -0.390 e. The molecule has 0 fully saturated rings. The van der Waals surface area contributed by atoms with Gasteiger partial charge in [0.05, 0.1) is 11.1 Å². The Hall–Kier alpha value is -0.770. The van der Waals surface area contributed by atoms with Crippen molar-refractivity contribution in [3.8, 4) is 0 Å². The molecule has 4 nitrogen and oxygen atoms in total. The van der Waals surface area contributed by atoms with Gasteiger partial charge in [-0.05, 0) is 27.7 Å². The molecule has 4 heteroatoms. The normalized spacial score (nSPS) is 12.3. The summed E-state index contributed by atoms with van der Waals surface area (Å²) in [5.74, 6) is 0.911. The van der Waals surface area contributed by atoms with Crippen LogP contribution in [0.25, 0.3) is 0 Å². The van der Waals surface area contributed by atoms with Gasteiger partial charge in [0.15, 0.2) is 5.96 Å². The Morgan fingerprint density at radius 1 is 1.00 bits per heavy atom. The highest BCUT2D eigenvalue weighted by atomic mass is 16.3. The summed E-state index contributed by atoms with van der Waals surface area (Å²) in [4.78, 5) is 8.66. The summed E-state index contributed by atoms with van der Waals surface area (Å²) in [5.41, 5.74) is -0.973. The van der Waals surface area contributed by atoms with Gasteiger partial charge in [-0.15, -0.1) is 0 Å². The van der Waals surface area contributed by atoms with Crippen LogP contribution in [-0.2, 0) is 0 Å². The van der Waals surface area contributed by atoms with Crippen molar-refractivity contribution in [3.63, 3.8) is 0 Å². The molecule has 0 radical (unpaired) electrons. The van der Waals surface area contributed by atoms with Crippen molar-refractivity contribution in [1.29, 1.82) is 0 Å². The van der Waals surface area contributed by atoms with Crippen LogP contribution in [0.3, 0.4) is 0 Å². The lowest BCUT2D eigenvalue weighted by molar-refractivity contribution is 0.0518. The molecule has 0 aliphatic carbocycles. The highest BCUT2D eigenvalue weighted by Crippen LogP contribution is 2.23. The number of guanidine groups is 1. The molecule has 0 spiro atoms. The summed E-state index contributed by atoms with van der Waals surface area (Å²) in [6, 6.07) is 0. The van der Waals surface area contributed by atoms with Gasteiger partial charge in [0.2, 0.25) is 0 Å². The van der Waals surface area contributed by atoms with Crippen LogP contribution in [0.15, 0.2) is 4.99 Å². The second-order valence-corrected chi connectivity index (χ2v) is 6.00. The van der Waals surface area contributed by atoms with Crippen molar-refractivity contribution in [2.24, 2.45) is 4.99 Å². The topological polar surface area (TPSA) is 39.1 Å². The minimum absolute atomic E-state index is 0.276. The van der Waals surface area contributed by atoms with Crippen LogP contribution < -0.4 is 0 Å². The molecule has 0 saturated heterocycles. The number of rotatable bonds is 3. The summed E-state index contributed by atoms with van der Waals surface area (Å²) < 4.78 is 0. The Morgan fingerprint density at radius 3 is 1.62 bits per heavy atom. The fourth-order valence-electron chi connectivity index (χ4n) is 1.97. The van der Waals surface area contributed by atoms with Crippen molar-refractivity contribution >= 4 is 5.96 Å². The highest BCUT2D eigenvalue weighted by Gasteiger charge is 2.27. The minimum atomic E-state index is -0.698. The van der Waals surface area contributed by atoms with E-state index in [0.29, 0.717) is 6.42 Å². The first-order valence-electron chi connectivity index (χ1n) is 5.61. The largest absolute Gasteiger partial charge is 0.390 e. The molecule has 0 aromatic heterocycles. The highest BCUT2D eigenvalue weighted by molar-refractivity contribution is 5.79. The monoisotopic (exact) mass is 229 g/mol. The molecule has 0 unspecified atom stereocenters. The number of nitrogens with zero attached hydrogens (tertiary/aromatic N) is 3. The molecule has 16 heavy (non-hydrogen) atoms.